The van der Waals surface area contributed by atoms with Crippen molar-refractivity contribution in [3.63, 3.8) is 0 Å². The molecule has 4 nitrogen and oxygen atoms in total. The Morgan fingerprint density at radius 3 is 2.48 bits per heavy atom. The first-order valence-corrected chi connectivity index (χ1v) is 8.75. The summed E-state index contributed by atoms with van der Waals surface area (Å²) in [6.45, 7) is 6.13. The van der Waals surface area contributed by atoms with E-state index in [4.69, 9.17) is 5.73 Å². The number of hydrogen-bond donors (Lipinski definition) is 1. The fraction of sp³-hybridized carbons (Fsp3) is 0.600. The van der Waals surface area contributed by atoms with Crippen LogP contribution in [0.5, 0.6) is 0 Å². The van der Waals surface area contributed by atoms with Gasteiger partial charge in [-0.05, 0) is 44.2 Å². The minimum Gasteiger partial charge on any atom is -0.398 e. The fourth-order valence-electron chi connectivity index (χ4n) is 2.21. The number of nitrogens with zero attached hydrogens (tertiary/aromatic N) is 1. The van der Waals surface area contributed by atoms with Gasteiger partial charge >= 0.3 is 0 Å². The molecule has 2 rings (SSSR count). The molecular formula is C15H23FN2O2S. The molecule has 2 N–H and O–H groups in total. The van der Waals surface area contributed by atoms with Crippen LogP contribution in [0, 0.1) is 18.7 Å². The van der Waals surface area contributed by atoms with Gasteiger partial charge in [0.25, 0.3) is 0 Å². The van der Waals surface area contributed by atoms with Crippen LogP contribution in [-0.4, -0.2) is 25.3 Å². The Bertz CT molecular complexity index is 602. The standard InChI is InChI=1S/C15H23FN2O2S/c1-10(2)6-7-18(12-4-5-12)21(19,20)13-8-14(16)11(3)15(17)9-13/h8-10,12H,4-7,17H2,1-3H3. The molecule has 0 spiro atoms. The number of anilines is 1. The molecule has 1 aromatic rings. The summed E-state index contributed by atoms with van der Waals surface area (Å²) >= 11 is 0. The van der Waals surface area contributed by atoms with Gasteiger partial charge in [0.15, 0.2) is 0 Å². The third-order valence-corrected chi connectivity index (χ3v) is 5.78. The molecule has 0 saturated heterocycles. The zero-order valence-corrected chi connectivity index (χ0v) is 13.6. The maximum Gasteiger partial charge on any atom is 0.243 e. The zero-order valence-electron chi connectivity index (χ0n) is 12.8. The highest BCUT2D eigenvalue weighted by Gasteiger charge is 2.38. The van der Waals surface area contributed by atoms with Crippen LogP contribution in [0.4, 0.5) is 10.1 Å². The van der Waals surface area contributed by atoms with Crippen LogP contribution < -0.4 is 5.73 Å². The SMILES string of the molecule is Cc1c(N)cc(S(=O)(=O)N(CCC(C)C)C2CC2)cc1F. The average Bonchev–Trinajstić information content (AvgIpc) is 3.19. The van der Waals surface area contributed by atoms with E-state index >= 15 is 0 Å². The van der Waals surface area contributed by atoms with Gasteiger partial charge in [-0.25, -0.2) is 12.8 Å². The third kappa shape index (κ3) is 3.55. The van der Waals surface area contributed by atoms with E-state index in [2.05, 4.69) is 13.8 Å². The number of nitrogens with two attached hydrogens (primary N) is 1. The predicted molar refractivity (Wildman–Crippen MR) is 81.9 cm³/mol. The van der Waals surface area contributed by atoms with Crippen molar-refractivity contribution >= 4 is 15.7 Å². The summed E-state index contributed by atoms with van der Waals surface area (Å²) in [6, 6.07) is 2.49. The Labute approximate surface area is 126 Å². The molecule has 1 aliphatic carbocycles. The van der Waals surface area contributed by atoms with Crippen molar-refractivity contribution in [2.45, 2.75) is 51.0 Å². The zero-order chi connectivity index (χ0) is 15.8. The Hall–Kier alpha value is -1.14. The summed E-state index contributed by atoms with van der Waals surface area (Å²) in [4.78, 5) is -0.0428. The van der Waals surface area contributed by atoms with Gasteiger partial charge in [-0.1, -0.05) is 13.8 Å². The van der Waals surface area contributed by atoms with E-state index in [0.717, 1.165) is 25.3 Å². The minimum atomic E-state index is -3.68. The van der Waals surface area contributed by atoms with Gasteiger partial charge in [0.1, 0.15) is 5.82 Å². The maximum absolute atomic E-state index is 13.8. The Morgan fingerprint density at radius 1 is 1.38 bits per heavy atom. The molecule has 1 aliphatic rings. The number of sulfonamides is 1. The van der Waals surface area contributed by atoms with Crippen molar-refractivity contribution in [2.75, 3.05) is 12.3 Å². The highest BCUT2D eigenvalue weighted by Crippen LogP contribution is 2.33. The molecule has 6 heteroatoms. The summed E-state index contributed by atoms with van der Waals surface area (Å²) in [6.07, 6.45) is 2.54. The number of nitrogen functional groups attached to an aromatic ring is 1. The van der Waals surface area contributed by atoms with Crippen LogP contribution in [0.25, 0.3) is 0 Å². The molecule has 1 aromatic carbocycles. The summed E-state index contributed by atoms with van der Waals surface area (Å²) in [5.41, 5.74) is 6.17. The molecule has 1 saturated carbocycles. The van der Waals surface area contributed by atoms with Crippen molar-refractivity contribution < 1.29 is 12.8 Å². The van der Waals surface area contributed by atoms with Crippen molar-refractivity contribution in [1.29, 1.82) is 0 Å². The van der Waals surface area contributed by atoms with Crippen LogP contribution in [0.2, 0.25) is 0 Å². The smallest absolute Gasteiger partial charge is 0.243 e. The molecular weight excluding hydrogens is 291 g/mol. The van der Waals surface area contributed by atoms with E-state index in [1.807, 2.05) is 0 Å². The molecule has 0 bridgehead atoms. The Morgan fingerprint density at radius 2 is 2.00 bits per heavy atom. The predicted octanol–water partition coefficient (Wildman–Crippen LogP) is 2.92. The monoisotopic (exact) mass is 314 g/mol. The minimum absolute atomic E-state index is 0.0428. The molecule has 0 unspecified atom stereocenters. The first kappa shape index (κ1) is 16.2. The van der Waals surface area contributed by atoms with Crippen molar-refractivity contribution in [3.8, 4) is 0 Å². The quantitative estimate of drug-likeness (QED) is 0.821. The summed E-state index contributed by atoms with van der Waals surface area (Å²) in [5.74, 6) is -0.158. The fourth-order valence-corrected chi connectivity index (χ4v) is 3.95. The van der Waals surface area contributed by atoms with Crippen LogP contribution in [0.1, 0.15) is 38.7 Å². The van der Waals surface area contributed by atoms with Gasteiger partial charge in [0.05, 0.1) is 4.90 Å². The van der Waals surface area contributed by atoms with Crippen LogP contribution in [-0.2, 0) is 10.0 Å². The molecule has 0 amide bonds. The van der Waals surface area contributed by atoms with E-state index < -0.39 is 15.8 Å². The molecule has 0 heterocycles. The topological polar surface area (TPSA) is 63.4 Å². The van der Waals surface area contributed by atoms with Crippen LogP contribution in [0.3, 0.4) is 0 Å². The molecule has 21 heavy (non-hydrogen) atoms. The molecule has 0 radical (unpaired) electrons. The van der Waals surface area contributed by atoms with E-state index in [0.29, 0.717) is 12.5 Å². The first-order chi connectivity index (χ1) is 9.73. The van der Waals surface area contributed by atoms with E-state index in [9.17, 15) is 12.8 Å². The van der Waals surface area contributed by atoms with Gasteiger partial charge in [-0.2, -0.15) is 4.31 Å². The van der Waals surface area contributed by atoms with Crippen molar-refractivity contribution in [1.82, 2.24) is 4.31 Å². The van der Waals surface area contributed by atoms with Gasteiger partial charge < -0.3 is 5.73 Å². The lowest BCUT2D eigenvalue weighted by Crippen LogP contribution is -2.34. The summed E-state index contributed by atoms with van der Waals surface area (Å²) < 4.78 is 40.8. The molecule has 118 valence electrons. The van der Waals surface area contributed by atoms with Gasteiger partial charge in [-0.15, -0.1) is 0 Å². The lowest BCUT2D eigenvalue weighted by molar-refractivity contribution is 0.373. The molecule has 0 atom stereocenters. The maximum atomic E-state index is 13.8. The van der Waals surface area contributed by atoms with E-state index in [-0.39, 0.29) is 22.2 Å². The second-order valence-electron chi connectivity index (χ2n) is 6.15. The molecule has 0 aromatic heterocycles. The number of benzene rings is 1. The third-order valence-electron chi connectivity index (χ3n) is 3.85. The highest BCUT2D eigenvalue weighted by atomic mass is 32.2. The first-order valence-electron chi connectivity index (χ1n) is 7.31. The van der Waals surface area contributed by atoms with Crippen molar-refractivity contribution in [3.05, 3.63) is 23.5 Å². The molecule has 1 fully saturated rings. The number of rotatable bonds is 6. The van der Waals surface area contributed by atoms with Gasteiger partial charge in [-0.3, -0.25) is 0 Å². The average molecular weight is 314 g/mol. The lowest BCUT2D eigenvalue weighted by atomic mass is 10.1. The second-order valence-corrected chi connectivity index (χ2v) is 8.04. The highest BCUT2D eigenvalue weighted by molar-refractivity contribution is 7.89. The van der Waals surface area contributed by atoms with Gasteiger partial charge in [0, 0.05) is 23.8 Å². The number of halogens is 1. The van der Waals surface area contributed by atoms with E-state index in [1.165, 1.54) is 10.4 Å². The normalized spacial score (nSPS) is 15.9. The van der Waals surface area contributed by atoms with Crippen molar-refractivity contribution in [2.24, 2.45) is 5.92 Å². The lowest BCUT2D eigenvalue weighted by Gasteiger charge is -2.23. The van der Waals surface area contributed by atoms with E-state index in [1.54, 1.807) is 6.92 Å². The van der Waals surface area contributed by atoms with Crippen LogP contribution in [0.15, 0.2) is 17.0 Å². The largest absolute Gasteiger partial charge is 0.398 e. The summed E-state index contributed by atoms with van der Waals surface area (Å²) in [7, 11) is -3.68. The van der Waals surface area contributed by atoms with Gasteiger partial charge in [0.2, 0.25) is 10.0 Å². The second kappa shape index (κ2) is 5.93. The number of hydrogen-bond acceptors (Lipinski definition) is 3. The Kier molecular flexibility index (Phi) is 4.58. The van der Waals surface area contributed by atoms with Crippen LogP contribution >= 0.6 is 0 Å². The Balaban J connectivity index is 2.34. The molecule has 0 aliphatic heterocycles. The summed E-state index contributed by atoms with van der Waals surface area (Å²) in [5, 5.41) is 0.